The molecule has 3 aromatic rings. The molecule has 31 heavy (non-hydrogen) atoms. The standard InChI is InChI=1S/C24H18ClFN2O3/c1-2-31-20-8-4-6-18(14-20)27-22-21(15-9-11-17(26)12-10-15)23(29)28(24(22)30)19-7-3-5-16(25)13-19/h3-14,27H,2H2,1H3. The maximum atomic E-state index is 13.5. The summed E-state index contributed by atoms with van der Waals surface area (Å²) in [5.74, 6) is -0.873. The van der Waals surface area contributed by atoms with Crippen LogP contribution >= 0.6 is 11.6 Å². The van der Waals surface area contributed by atoms with Crippen LogP contribution in [0.3, 0.4) is 0 Å². The number of imide groups is 1. The van der Waals surface area contributed by atoms with Crippen molar-refractivity contribution in [2.75, 3.05) is 16.8 Å². The third-order valence-electron chi connectivity index (χ3n) is 4.70. The van der Waals surface area contributed by atoms with Crippen LogP contribution < -0.4 is 15.0 Å². The second-order valence-electron chi connectivity index (χ2n) is 6.77. The Hall–Kier alpha value is -3.64. The molecule has 0 saturated carbocycles. The molecule has 156 valence electrons. The number of amides is 2. The van der Waals surface area contributed by atoms with E-state index in [0.29, 0.717) is 34.3 Å². The van der Waals surface area contributed by atoms with Gasteiger partial charge in [0.15, 0.2) is 0 Å². The number of ether oxygens (including phenoxy) is 1. The maximum Gasteiger partial charge on any atom is 0.282 e. The monoisotopic (exact) mass is 436 g/mol. The highest BCUT2D eigenvalue weighted by atomic mass is 35.5. The minimum absolute atomic E-state index is 0.0882. The van der Waals surface area contributed by atoms with Gasteiger partial charge in [0.25, 0.3) is 11.8 Å². The van der Waals surface area contributed by atoms with Crippen LogP contribution in [0.1, 0.15) is 12.5 Å². The summed E-state index contributed by atoms with van der Waals surface area (Å²) in [5, 5.41) is 3.45. The predicted octanol–water partition coefficient (Wildman–Crippen LogP) is 5.27. The van der Waals surface area contributed by atoms with Crippen LogP contribution in [-0.4, -0.2) is 18.4 Å². The van der Waals surface area contributed by atoms with Crippen molar-refractivity contribution in [3.8, 4) is 5.75 Å². The van der Waals surface area contributed by atoms with Crippen molar-refractivity contribution in [3.63, 3.8) is 0 Å². The lowest BCUT2D eigenvalue weighted by Gasteiger charge is -2.15. The molecule has 0 unspecified atom stereocenters. The fraction of sp³-hybridized carbons (Fsp3) is 0.0833. The number of anilines is 2. The first-order valence-electron chi connectivity index (χ1n) is 9.62. The highest BCUT2D eigenvalue weighted by Crippen LogP contribution is 2.35. The van der Waals surface area contributed by atoms with Crippen LogP contribution in [0.25, 0.3) is 5.57 Å². The van der Waals surface area contributed by atoms with Gasteiger partial charge >= 0.3 is 0 Å². The molecule has 1 aliphatic heterocycles. The number of nitrogens with one attached hydrogen (secondary N) is 1. The molecule has 5 nitrogen and oxygen atoms in total. The van der Waals surface area contributed by atoms with Gasteiger partial charge in [-0.25, -0.2) is 9.29 Å². The average Bonchev–Trinajstić information content (AvgIpc) is 2.99. The van der Waals surface area contributed by atoms with Crippen molar-refractivity contribution in [2.24, 2.45) is 0 Å². The first-order valence-corrected chi connectivity index (χ1v) is 10.00. The summed E-state index contributed by atoms with van der Waals surface area (Å²) in [6.07, 6.45) is 0. The molecule has 0 atom stereocenters. The average molecular weight is 437 g/mol. The van der Waals surface area contributed by atoms with E-state index < -0.39 is 17.6 Å². The summed E-state index contributed by atoms with van der Waals surface area (Å²) in [4.78, 5) is 27.7. The fourth-order valence-corrected chi connectivity index (χ4v) is 3.54. The Bertz CT molecular complexity index is 1190. The van der Waals surface area contributed by atoms with Crippen LogP contribution in [0.2, 0.25) is 5.02 Å². The zero-order chi connectivity index (χ0) is 22.0. The minimum atomic E-state index is -0.534. The Balaban J connectivity index is 1.80. The number of rotatable bonds is 6. The topological polar surface area (TPSA) is 58.6 Å². The molecule has 0 bridgehead atoms. The molecule has 0 spiro atoms. The van der Waals surface area contributed by atoms with Crippen molar-refractivity contribution in [1.29, 1.82) is 0 Å². The van der Waals surface area contributed by atoms with E-state index >= 15 is 0 Å². The van der Waals surface area contributed by atoms with E-state index in [-0.39, 0.29) is 11.3 Å². The van der Waals surface area contributed by atoms with Crippen molar-refractivity contribution < 1.29 is 18.7 Å². The second-order valence-corrected chi connectivity index (χ2v) is 7.20. The van der Waals surface area contributed by atoms with E-state index in [0.717, 1.165) is 4.90 Å². The van der Waals surface area contributed by atoms with Gasteiger partial charge in [0.1, 0.15) is 17.3 Å². The number of nitrogens with zero attached hydrogens (tertiary/aromatic N) is 1. The number of carbonyl (C=O) groups is 2. The van der Waals surface area contributed by atoms with Crippen LogP contribution in [0.5, 0.6) is 5.75 Å². The molecular weight excluding hydrogens is 419 g/mol. The number of carbonyl (C=O) groups excluding carboxylic acids is 2. The minimum Gasteiger partial charge on any atom is -0.494 e. The SMILES string of the molecule is CCOc1cccc(NC2=C(c3ccc(F)cc3)C(=O)N(c3cccc(Cl)c3)C2=O)c1. The number of hydrogen-bond donors (Lipinski definition) is 1. The lowest BCUT2D eigenvalue weighted by Crippen LogP contribution is -2.32. The largest absolute Gasteiger partial charge is 0.494 e. The first kappa shape index (κ1) is 20.6. The fourth-order valence-electron chi connectivity index (χ4n) is 3.35. The highest BCUT2D eigenvalue weighted by molar-refractivity contribution is 6.46. The summed E-state index contributed by atoms with van der Waals surface area (Å²) in [7, 11) is 0. The van der Waals surface area contributed by atoms with Crippen molar-refractivity contribution in [3.05, 3.63) is 94.9 Å². The van der Waals surface area contributed by atoms with E-state index in [1.807, 2.05) is 6.92 Å². The Morgan fingerprint density at radius 1 is 0.968 bits per heavy atom. The maximum absolute atomic E-state index is 13.5. The van der Waals surface area contributed by atoms with Crippen molar-refractivity contribution in [1.82, 2.24) is 0 Å². The van der Waals surface area contributed by atoms with E-state index in [1.165, 1.54) is 30.3 Å². The first-order chi connectivity index (χ1) is 15.0. The van der Waals surface area contributed by atoms with E-state index in [1.54, 1.807) is 42.5 Å². The Morgan fingerprint density at radius 3 is 2.42 bits per heavy atom. The van der Waals surface area contributed by atoms with Gasteiger partial charge in [0.2, 0.25) is 0 Å². The quantitative estimate of drug-likeness (QED) is 0.534. The molecule has 0 fully saturated rings. The molecule has 2 amide bonds. The van der Waals surface area contributed by atoms with Crippen molar-refractivity contribution in [2.45, 2.75) is 6.92 Å². The normalized spacial score (nSPS) is 13.7. The third kappa shape index (κ3) is 4.15. The van der Waals surface area contributed by atoms with Crippen molar-refractivity contribution >= 4 is 40.4 Å². The molecule has 0 radical (unpaired) electrons. The Labute approximate surface area is 183 Å². The van der Waals surface area contributed by atoms with Gasteiger partial charge in [-0.2, -0.15) is 0 Å². The summed E-state index contributed by atoms with van der Waals surface area (Å²) < 4.78 is 19.0. The molecule has 7 heteroatoms. The molecule has 0 saturated heterocycles. The number of halogens is 2. The van der Waals surface area contributed by atoms with Crippen LogP contribution in [0.4, 0.5) is 15.8 Å². The molecule has 0 aliphatic carbocycles. The van der Waals surface area contributed by atoms with Crippen LogP contribution in [-0.2, 0) is 9.59 Å². The molecule has 3 aromatic carbocycles. The van der Waals surface area contributed by atoms with Crippen LogP contribution in [0.15, 0.2) is 78.5 Å². The predicted molar refractivity (Wildman–Crippen MR) is 118 cm³/mol. The van der Waals surface area contributed by atoms with Gasteiger partial charge in [-0.3, -0.25) is 9.59 Å². The molecule has 0 aromatic heterocycles. The molecule has 1 aliphatic rings. The van der Waals surface area contributed by atoms with Crippen LogP contribution in [0, 0.1) is 5.82 Å². The summed E-state index contributed by atoms with van der Waals surface area (Å²) in [6.45, 7) is 2.37. The zero-order valence-corrected chi connectivity index (χ0v) is 17.3. The van der Waals surface area contributed by atoms with Gasteiger partial charge in [-0.15, -0.1) is 0 Å². The van der Waals surface area contributed by atoms with E-state index in [4.69, 9.17) is 16.3 Å². The zero-order valence-electron chi connectivity index (χ0n) is 16.6. The van der Waals surface area contributed by atoms with Gasteiger partial charge < -0.3 is 10.1 Å². The summed E-state index contributed by atoms with van der Waals surface area (Å²) >= 11 is 6.07. The molecule has 1 heterocycles. The Kier molecular flexibility index (Phi) is 5.73. The van der Waals surface area contributed by atoms with E-state index in [2.05, 4.69) is 5.32 Å². The lowest BCUT2D eigenvalue weighted by atomic mass is 10.0. The van der Waals surface area contributed by atoms with Gasteiger partial charge in [0, 0.05) is 16.8 Å². The molecular formula is C24H18ClFN2O3. The number of hydrogen-bond acceptors (Lipinski definition) is 4. The third-order valence-corrected chi connectivity index (χ3v) is 4.93. The number of benzene rings is 3. The van der Waals surface area contributed by atoms with Gasteiger partial charge in [-0.1, -0.05) is 35.9 Å². The second kappa shape index (κ2) is 8.62. The Morgan fingerprint density at radius 2 is 1.71 bits per heavy atom. The summed E-state index contributed by atoms with van der Waals surface area (Å²) in [5.41, 5.74) is 1.58. The smallest absolute Gasteiger partial charge is 0.282 e. The lowest BCUT2D eigenvalue weighted by molar-refractivity contribution is -0.120. The summed E-state index contributed by atoms with van der Waals surface area (Å²) in [6, 6.07) is 19.0. The highest BCUT2D eigenvalue weighted by Gasteiger charge is 2.40. The molecule has 1 N–H and O–H groups in total. The molecule has 4 rings (SSSR count). The van der Waals surface area contributed by atoms with Gasteiger partial charge in [0.05, 0.1) is 17.9 Å². The van der Waals surface area contributed by atoms with E-state index in [9.17, 15) is 14.0 Å². The van der Waals surface area contributed by atoms with Gasteiger partial charge in [-0.05, 0) is 55.0 Å².